The predicted molar refractivity (Wildman–Crippen MR) is 74.8 cm³/mol. The van der Waals surface area contributed by atoms with Crippen LogP contribution in [0.4, 0.5) is 26.3 Å². The molecule has 1 aliphatic heterocycles. The summed E-state index contributed by atoms with van der Waals surface area (Å²) in [5, 5.41) is 2.92. The van der Waals surface area contributed by atoms with E-state index in [0.717, 1.165) is 13.5 Å². The lowest BCUT2D eigenvalue weighted by molar-refractivity contribution is -0.143. The number of benzene rings is 1. The summed E-state index contributed by atoms with van der Waals surface area (Å²) in [6, 6.07) is 0.122. The van der Waals surface area contributed by atoms with Gasteiger partial charge in [-0.25, -0.2) is 0 Å². The normalized spacial score (nSPS) is 19.2. The molecule has 1 aliphatic rings. The van der Waals surface area contributed by atoms with Gasteiger partial charge in [-0.05, 0) is 31.5 Å². The van der Waals surface area contributed by atoms with E-state index in [4.69, 9.17) is 4.74 Å². The Balaban J connectivity index is 0.00000264. The molecule has 23 heavy (non-hydrogen) atoms. The van der Waals surface area contributed by atoms with Crippen LogP contribution in [-0.2, 0) is 12.4 Å². The molecule has 0 aromatic heterocycles. The Bertz CT molecular complexity index is 537. The zero-order valence-corrected chi connectivity index (χ0v) is 13.0. The molecule has 1 N–H and O–H groups in total. The Morgan fingerprint density at radius 3 is 2.13 bits per heavy atom. The van der Waals surface area contributed by atoms with E-state index in [9.17, 15) is 26.3 Å². The fourth-order valence-corrected chi connectivity index (χ4v) is 2.65. The number of hydrogen-bond acceptors (Lipinski definition) is 2. The Hall–Kier alpha value is -1.15. The molecule has 132 valence electrons. The third kappa shape index (κ3) is 4.44. The Kier molecular flexibility index (Phi) is 6.20. The van der Waals surface area contributed by atoms with E-state index < -0.39 is 29.5 Å². The van der Waals surface area contributed by atoms with Crippen LogP contribution in [0.1, 0.15) is 42.0 Å². The lowest BCUT2D eigenvalue weighted by Crippen LogP contribution is -2.29. The number of halogens is 7. The van der Waals surface area contributed by atoms with Crippen LogP contribution in [0, 0.1) is 0 Å². The van der Waals surface area contributed by atoms with Crippen LogP contribution in [-0.4, -0.2) is 13.7 Å². The highest BCUT2D eigenvalue weighted by molar-refractivity contribution is 5.85. The van der Waals surface area contributed by atoms with E-state index in [0.29, 0.717) is 25.5 Å². The summed E-state index contributed by atoms with van der Waals surface area (Å²) in [7, 11) is 1.07. The average Bonchev–Trinajstić information content (AvgIpc) is 2.44. The first-order chi connectivity index (χ1) is 10.1. The molecule has 0 spiro atoms. The Labute approximate surface area is 135 Å². The first kappa shape index (κ1) is 19.9. The molecule has 0 aliphatic carbocycles. The molecule has 1 aromatic carbocycles. The van der Waals surface area contributed by atoms with Crippen molar-refractivity contribution in [2.75, 3.05) is 13.7 Å². The second-order valence-electron chi connectivity index (χ2n) is 5.14. The van der Waals surface area contributed by atoms with Crippen LogP contribution in [0.15, 0.2) is 12.1 Å². The molecule has 1 saturated heterocycles. The molecule has 0 bridgehead atoms. The van der Waals surface area contributed by atoms with E-state index in [1.807, 2.05) is 0 Å². The molecule has 0 saturated carbocycles. The monoisotopic (exact) mass is 363 g/mol. The van der Waals surface area contributed by atoms with Gasteiger partial charge in [0.2, 0.25) is 0 Å². The lowest BCUT2D eigenvalue weighted by Gasteiger charge is -2.29. The first-order valence-electron chi connectivity index (χ1n) is 6.74. The van der Waals surface area contributed by atoms with Crippen molar-refractivity contribution in [1.82, 2.24) is 5.32 Å². The lowest BCUT2D eigenvalue weighted by atomic mass is 9.91. The molecule has 0 unspecified atom stereocenters. The summed E-state index contributed by atoms with van der Waals surface area (Å²) < 4.78 is 83.0. The van der Waals surface area contributed by atoms with E-state index in [2.05, 4.69) is 5.32 Å². The van der Waals surface area contributed by atoms with Crippen LogP contribution in [0.3, 0.4) is 0 Å². The minimum atomic E-state index is -4.89. The van der Waals surface area contributed by atoms with Gasteiger partial charge in [0.25, 0.3) is 0 Å². The van der Waals surface area contributed by atoms with E-state index >= 15 is 0 Å². The molecule has 1 aromatic rings. The zero-order valence-electron chi connectivity index (χ0n) is 12.1. The SMILES string of the molecule is COc1cc(C(F)(F)F)cc(C(F)(F)F)c1[C@H]1CCCCN1.Cl. The zero-order chi connectivity index (χ0) is 16.5. The van der Waals surface area contributed by atoms with Crippen molar-refractivity contribution in [2.24, 2.45) is 0 Å². The molecule has 1 heterocycles. The van der Waals surface area contributed by atoms with E-state index in [-0.39, 0.29) is 29.8 Å². The number of ether oxygens (including phenoxy) is 1. The summed E-state index contributed by atoms with van der Waals surface area (Å²) in [5.74, 6) is -0.387. The highest BCUT2D eigenvalue weighted by Crippen LogP contribution is 2.44. The van der Waals surface area contributed by atoms with Crippen molar-refractivity contribution in [3.05, 3.63) is 28.8 Å². The largest absolute Gasteiger partial charge is 0.496 e. The molecule has 0 radical (unpaired) electrons. The highest BCUT2D eigenvalue weighted by Gasteiger charge is 2.41. The second kappa shape index (κ2) is 7.17. The number of hydrogen-bond donors (Lipinski definition) is 1. The number of nitrogens with one attached hydrogen (secondary N) is 1. The molecule has 1 fully saturated rings. The second-order valence-corrected chi connectivity index (χ2v) is 5.14. The quantitative estimate of drug-likeness (QED) is 0.749. The van der Waals surface area contributed by atoms with Gasteiger partial charge in [-0.3, -0.25) is 0 Å². The summed E-state index contributed by atoms with van der Waals surface area (Å²) in [6.07, 6.45) is -7.81. The molecule has 2 nitrogen and oxygen atoms in total. The molecule has 0 amide bonds. The highest BCUT2D eigenvalue weighted by atomic mass is 35.5. The van der Waals surface area contributed by atoms with Crippen molar-refractivity contribution in [3.63, 3.8) is 0 Å². The fraction of sp³-hybridized carbons (Fsp3) is 0.571. The van der Waals surface area contributed by atoms with Crippen LogP contribution >= 0.6 is 12.4 Å². The third-order valence-corrected chi connectivity index (χ3v) is 3.65. The van der Waals surface area contributed by atoms with Gasteiger partial charge in [-0.1, -0.05) is 6.42 Å². The molecule has 9 heteroatoms. The maximum absolute atomic E-state index is 13.2. The van der Waals surface area contributed by atoms with E-state index in [1.165, 1.54) is 0 Å². The van der Waals surface area contributed by atoms with Gasteiger partial charge < -0.3 is 10.1 Å². The number of methoxy groups -OCH3 is 1. The van der Waals surface area contributed by atoms with Gasteiger partial charge in [0.05, 0.1) is 18.2 Å². The number of rotatable bonds is 2. The summed E-state index contributed by atoms with van der Waals surface area (Å²) in [4.78, 5) is 0. The number of alkyl halides is 6. The topological polar surface area (TPSA) is 21.3 Å². The van der Waals surface area contributed by atoms with Crippen molar-refractivity contribution in [2.45, 2.75) is 37.7 Å². The maximum atomic E-state index is 13.2. The summed E-state index contributed by atoms with van der Waals surface area (Å²) >= 11 is 0. The van der Waals surface area contributed by atoms with Crippen LogP contribution in [0.5, 0.6) is 5.75 Å². The maximum Gasteiger partial charge on any atom is 0.416 e. The van der Waals surface area contributed by atoms with Crippen LogP contribution in [0.2, 0.25) is 0 Å². The smallest absolute Gasteiger partial charge is 0.416 e. The molecular weight excluding hydrogens is 348 g/mol. The third-order valence-electron chi connectivity index (χ3n) is 3.65. The van der Waals surface area contributed by atoms with Crippen molar-refractivity contribution in [1.29, 1.82) is 0 Å². The van der Waals surface area contributed by atoms with Gasteiger partial charge >= 0.3 is 12.4 Å². The van der Waals surface area contributed by atoms with Gasteiger partial charge in [0.15, 0.2) is 0 Å². The van der Waals surface area contributed by atoms with Crippen molar-refractivity contribution in [3.8, 4) is 5.75 Å². The number of piperidine rings is 1. The van der Waals surface area contributed by atoms with E-state index in [1.54, 1.807) is 0 Å². The van der Waals surface area contributed by atoms with Gasteiger partial charge in [0, 0.05) is 11.6 Å². The molecular formula is C14H16ClF6NO. The Morgan fingerprint density at radius 1 is 1.04 bits per heavy atom. The molecule has 2 rings (SSSR count). The predicted octanol–water partition coefficient (Wildman–Crippen LogP) is 4.97. The van der Waals surface area contributed by atoms with Crippen molar-refractivity contribution < 1.29 is 31.1 Å². The van der Waals surface area contributed by atoms with Crippen molar-refractivity contribution >= 4 is 12.4 Å². The minimum absolute atomic E-state index is 0. The Morgan fingerprint density at radius 2 is 1.70 bits per heavy atom. The standard InChI is InChI=1S/C14H15F6NO.ClH/c1-22-11-7-8(13(15,16)17)6-9(14(18,19)20)12(11)10-4-2-3-5-21-10;/h6-7,10,21H,2-5H2,1H3;1H/t10-;/m1./s1. The summed E-state index contributed by atoms with van der Waals surface area (Å²) in [5.41, 5.74) is -2.91. The fourth-order valence-electron chi connectivity index (χ4n) is 2.65. The van der Waals surface area contributed by atoms with Crippen LogP contribution in [0.25, 0.3) is 0 Å². The summed E-state index contributed by atoms with van der Waals surface area (Å²) in [6.45, 7) is 0.520. The minimum Gasteiger partial charge on any atom is -0.496 e. The van der Waals surface area contributed by atoms with Crippen LogP contribution < -0.4 is 10.1 Å². The average molecular weight is 364 g/mol. The van der Waals surface area contributed by atoms with Gasteiger partial charge in [-0.15, -0.1) is 12.4 Å². The first-order valence-corrected chi connectivity index (χ1v) is 6.74. The molecule has 1 atom stereocenters. The van der Waals surface area contributed by atoms with Gasteiger partial charge in [0.1, 0.15) is 5.75 Å². The van der Waals surface area contributed by atoms with Gasteiger partial charge in [-0.2, -0.15) is 26.3 Å².